The standard InChI is InChI=1S/C5H6ClO/c1-5(7)3-2-4-6/h5H,4H2,1H3. The maximum Gasteiger partial charge on any atom is 0.150 e. The van der Waals surface area contributed by atoms with Gasteiger partial charge in [0.25, 0.3) is 0 Å². The van der Waals surface area contributed by atoms with Gasteiger partial charge >= 0.3 is 0 Å². The van der Waals surface area contributed by atoms with Crippen molar-refractivity contribution in [2.75, 3.05) is 5.88 Å². The quantitative estimate of drug-likeness (QED) is 0.334. The maximum atomic E-state index is 10.1. The first-order valence-corrected chi connectivity index (χ1v) is 2.51. The van der Waals surface area contributed by atoms with Gasteiger partial charge in [-0.25, -0.2) is 5.11 Å². The molecule has 0 aromatic carbocycles. The number of hydrogen-bond donors (Lipinski definition) is 0. The normalized spacial score (nSPS) is 11.9. The molecule has 1 unspecified atom stereocenters. The zero-order valence-electron chi connectivity index (χ0n) is 4.07. The third-order valence-electron chi connectivity index (χ3n) is 0.372. The Morgan fingerprint density at radius 2 is 2.43 bits per heavy atom. The third-order valence-corrected chi connectivity index (χ3v) is 0.506. The van der Waals surface area contributed by atoms with Crippen molar-refractivity contribution in [2.45, 2.75) is 13.0 Å². The van der Waals surface area contributed by atoms with Crippen LogP contribution >= 0.6 is 11.6 Å². The van der Waals surface area contributed by atoms with Crippen LogP contribution in [0.3, 0.4) is 0 Å². The van der Waals surface area contributed by atoms with E-state index >= 15 is 0 Å². The van der Waals surface area contributed by atoms with E-state index in [2.05, 4.69) is 11.8 Å². The van der Waals surface area contributed by atoms with E-state index in [1.54, 1.807) is 0 Å². The van der Waals surface area contributed by atoms with E-state index in [1.165, 1.54) is 6.92 Å². The molecular weight excluding hydrogens is 112 g/mol. The highest BCUT2D eigenvalue weighted by molar-refractivity contribution is 6.19. The van der Waals surface area contributed by atoms with Crippen molar-refractivity contribution in [3.05, 3.63) is 0 Å². The van der Waals surface area contributed by atoms with Gasteiger partial charge in [0.1, 0.15) is 0 Å². The van der Waals surface area contributed by atoms with Crippen LogP contribution in [-0.2, 0) is 5.11 Å². The second-order valence-electron chi connectivity index (χ2n) is 1.10. The van der Waals surface area contributed by atoms with E-state index in [9.17, 15) is 5.11 Å². The Morgan fingerprint density at radius 1 is 1.86 bits per heavy atom. The van der Waals surface area contributed by atoms with Crippen LogP contribution in [0.5, 0.6) is 0 Å². The van der Waals surface area contributed by atoms with Gasteiger partial charge in [-0.3, -0.25) is 0 Å². The first kappa shape index (κ1) is 6.81. The van der Waals surface area contributed by atoms with E-state index in [0.717, 1.165) is 0 Å². The van der Waals surface area contributed by atoms with Gasteiger partial charge in [-0.15, -0.1) is 11.6 Å². The molecule has 0 rings (SSSR count). The van der Waals surface area contributed by atoms with E-state index in [1.807, 2.05) is 0 Å². The van der Waals surface area contributed by atoms with Crippen molar-refractivity contribution >= 4 is 11.6 Å². The van der Waals surface area contributed by atoms with Crippen LogP contribution in [-0.4, -0.2) is 12.0 Å². The molecule has 39 valence electrons. The molecule has 2 heteroatoms. The topological polar surface area (TPSA) is 19.9 Å². The zero-order valence-corrected chi connectivity index (χ0v) is 4.83. The van der Waals surface area contributed by atoms with Crippen LogP contribution < -0.4 is 0 Å². The minimum atomic E-state index is -0.793. The molecule has 0 saturated carbocycles. The molecule has 1 nitrogen and oxygen atoms in total. The second kappa shape index (κ2) is 3.98. The molecule has 0 aromatic heterocycles. The summed E-state index contributed by atoms with van der Waals surface area (Å²) in [6.45, 7) is 1.49. The van der Waals surface area contributed by atoms with Crippen molar-refractivity contribution in [2.24, 2.45) is 0 Å². The predicted octanol–water partition coefficient (Wildman–Crippen LogP) is 1.05. The summed E-state index contributed by atoms with van der Waals surface area (Å²) in [5.74, 6) is 5.06. The highest BCUT2D eigenvalue weighted by Gasteiger charge is 1.82. The number of alkyl halides is 1. The van der Waals surface area contributed by atoms with Gasteiger partial charge in [0.05, 0.1) is 5.88 Å². The predicted molar refractivity (Wildman–Crippen MR) is 28.6 cm³/mol. The summed E-state index contributed by atoms with van der Waals surface area (Å²) < 4.78 is 0. The Balaban J connectivity index is 3.24. The van der Waals surface area contributed by atoms with Crippen LogP contribution in [0.4, 0.5) is 0 Å². The lowest BCUT2D eigenvalue weighted by Gasteiger charge is -1.79. The maximum absolute atomic E-state index is 10.1. The second-order valence-corrected chi connectivity index (χ2v) is 1.36. The minimum absolute atomic E-state index is 0.257. The smallest absolute Gasteiger partial charge is 0.150 e. The van der Waals surface area contributed by atoms with Gasteiger partial charge in [-0.05, 0) is 6.92 Å². The van der Waals surface area contributed by atoms with Gasteiger partial charge in [-0.1, -0.05) is 11.8 Å². The van der Waals surface area contributed by atoms with E-state index < -0.39 is 6.10 Å². The molecule has 0 spiro atoms. The molecule has 0 aliphatic heterocycles. The Bertz CT molecular complexity index is 88.0. The molecule has 7 heavy (non-hydrogen) atoms. The lowest BCUT2D eigenvalue weighted by Crippen LogP contribution is -1.89. The summed E-state index contributed by atoms with van der Waals surface area (Å²) in [6.07, 6.45) is -0.793. The van der Waals surface area contributed by atoms with Gasteiger partial charge < -0.3 is 0 Å². The summed E-state index contributed by atoms with van der Waals surface area (Å²) in [5.41, 5.74) is 0. The Morgan fingerprint density at radius 3 is 2.57 bits per heavy atom. The fourth-order valence-corrected chi connectivity index (χ4v) is 0.259. The largest absolute Gasteiger partial charge is 0.219 e. The van der Waals surface area contributed by atoms with E-state index in [-0.39, 0.29) is 5.88 Å². The number of rotatable bonds is 0. The van der Waals surface area contributed by atoms with Crippen LogP contribution in [0, 0.1) is 11.8 Å². The van der Waals surface area contributed by atoms with Gasteiger partial charge in [0.2, 0.25) is 0 Å². The Kier molecular flexibility index (Phi) is 3.87. The average Bonchev–Trinajstić information content (AvgIpc) is 1.61. The molecule has 0 aliphatic carbocycles. The first-order chi connectivity index (χ1) is 3.27. The molecule has 0 amide bonds. The number of halogens is 1. The Hall–Kier alpha value is -0.190. The Labute approximate surface area is 48.3 Å². The summed E-state index contributed by atoms with van der Waals surface area (Å²) >= 11 is 5.13. The molecule has 0 bridgehead atoms. The SMILES string of the molecule is CC([O])C#CCCl. The van der Waals surface area contributed by atoms with E-state index in [4.69, 9.17) is 11.6 Å². The van der Waals surface area contributed by atoms with Crippen LogP contribution in [0.25, 0.3) is 0 Å². The monoisotopic (exact) mass is 117 g/mol. The van der Waals surface area contributed by atoms with Crippen molar-refractivity contribution < 1.29 is 5.11 Å². The fourth-order valence-electron chi connectivity index (χ4n) is 0.182. The van der Waals surface area contributed by atoms with Crippen molar-refractivity contribution in [1.29, 1.82) is 0 Å². The van der Waals surface area contributed by atoms with Crippen LogP contribution in [0.15, 0.2) is 0 Å². The molecule has 0 N–H and O–H groups in total. The molecule has 0 aromatic rings. The van der Waals surface area contributed by atoms with Gasteiger partial charge in [0.15, 0.2) is 6.10 Å². The van der Waals surface area contributed by atoms with Crippen molar-refractivity contribution in [3.63, 3.8) is 0 Å². The van der Waals surface area contributed by atoms with Crippen molar-refractivity contribution in [1.82, 2.24) is 0 Å². The van der Waals surface area contributed by atoms with Gasteiger partial charge in [-0.2, -0.15) is 0 Å². The zero-order chi connectivity index (χ0) is 5.70. The first-order valence-electron chi connectivity index (χ1n) is 1.97. The summed E-state index contributed by atoms with van der Waals surface area (Å²) in [6, 6.07) is 0. The van der Waals surface area contributed by atoms with E-state index in [0.29, 0.717) is 0 Å². The lowest BCUT2D eigenvalue weighted by molar-refractivity contribution is 0.154. The molecule has 0 aliphatic rings. The summed E-state index contributed by atoms with van der Waals surface area (Å²) in [4.78, 5) is 0. The molecule has 1 radical (unpaired) electrons. The highest BCUT2D eigenvalue weighted by Crippen LogP contribution is 1.74. The summed E-state index contributed by atoms with van der Waals surface area (Å²) in [5, 5.41) is 10.1. The third kappa shape index (κ3) is 5.81. The fraction of sp³-hybridized carbons (Fsp3) is 0.600. The molecular formula is C5H6ClO. The van der Waals surface area contributed by atoms with Crippen LogP contribution in [0.1, 0.15) is 6.92 Å². The number of hydrogen-bond acceptors (Lipinski definition) is 0. The molecule has 0 saturated heterocycles. The van der Waals surface area contributed by atoms with Crippen LogP contribution in [0.2, 0.25) is 0 Å². The molecule has 0 heterocycles. The molecule has 0 fully saturated rings. The molecule has 1 atom stereocenters. The van der Waals surface area contributed by atoms with Crippen molar-refractivity contribution in [3.8, 4) is 11.8 Å². The minimum Gasteiger partial charge on any atom is -0.219 e. The van der Waals surface area contributed by atoms with Gasteiger partial charge in [0, 0.05) is 0 Å². The average molecular weight is 118 g/mol. The highest BCUT2D eigenvalue weighted by atomic mass is 35.5. The lowest BCUT2D eigenvalue weighted by atomic mass is 10.4. The summed E-state index contributed by atoms with van der Waals surface area (Å²) in [7, 11) is 0.